The summed E-state index contributed by atoms with van der Waals surface area (Å²) >= 11 is 0. The van der Waals surface area contributed by atoms with E-state index in [1.807, 2.05) is 0 Å². The molecule has 17 heavy (non-hydrogen) atoms. The van der Waals surface area contributed by atoms with Crippen molar-refractivity contribution in [1.29, 1.82) is 0 Å². The third-order valence-electron chi connectivity index (χ3n) is 3.30. The highest BCUT2D eigenvalue weighted by molar-refractivity contribution is 5.78. The first-order valence-electron chi connectivity index (χ1n) is 5.70. The third kappa shape index (κ3) is 1.56. The molecule has 0 aliphatic heterocycles. The first-order valence-corrected chi connectivity index (χ1v) is 5.70. The lowest BCUT2D eigenvalue weighted by Crippen LogP contribution is -1.93. The van der Waals surface area contributed by atoms with Crippen LogP contribution in [0.25, 0.3) is 11.1 Å². The van der Waals surface area contributed by atoms with Crippen LogP contribution >= 0.6 is 0 Å². The molecule has 1 aromatic carbocycles. The average molecular weight is 230 g/mol. The molecule has 0 saturated carbocycles. The van der Waals surface area contributed by atoms with Crippen molar-refractivity contribution in [3.8, 4) is 16.9 Å². The molecule has 0 fully saturated rings. The van der Waals surface area contributed by atoms with Gasteiger partial charge in [0.05, 0.1) is 18.9 Å². The Labute approximate surface area is 99.4 Å². The van der Waals surface area contributed by atoms with Crippen LogP contribution in [0.3, 0.4) is 0 Å². The van der Waals surface area contributed by atoms with E-state index in [0.717, 1.165) is 29.7 Å². The van der Waals surface area contributed by atoms with Crippen LogP contribution in [-0.2, 0) is 12.8 Å². The van der Waals surface area contributed by atoms with E-state index in [0.29, 0.717) is 5.88 Å². The van der Waals surface area contributed by atoms with E-state index in [1.165, 1.54) is 17.5 Å². The Morgan fingerprint density at radius 2 is 2.00 bits per heavy atom. The van der Waals surface area contributed by atoms with Gasteiger partial charge in [-0.3, -0.25) is 0 Å². The zero-order valence-electron chi connectivity index (χ0n) is 9.69. The summed E-state index contributed by atoms with van der Waals surface area (Å²) in [4.78, 5) is 0. The Kier molecular flexibility index (Phi) is 2.28. The molecular formula is C13H14N2O2. The van der Waals surface area contributed by atoms with Crippen LogP contribution in [0.4, 0.5) is 5.88 Å². The Morgan fingerprint density at radius 3 is 2.65 bits per heavy atom. The monoisotopic (exact) mass is 230 g/mol. The highest BCUT2D eigenvalue weighted by atomic mass is 16.5. The van der Waals surface area contributed by atoms with Crippen molar-refractivity contribution in [1.82, 2.24) is 5.16 Å². The van der Waals surface area contributed by atoms with Crippen LogP contribution in [0.15, 0.2) is 22.9 Å². The second-order valence-corrected chi connectivity index (χ2v) is 4.28. The number of benzene rings is 1. The van der Waals surface area contributed by atoms with Crippen LogP contribution in [0, 0.1) is 0 Å². The SMILES string of the molecule is COc1cc2c(cc1-c1cnoc1N)CCC2. The van der Waals surface area contributed by atoms with Crippen molar-refractivity contribution >= 4 is 5.88 Å². The van der Waals surface area contributed by atoms with Gasteiger partial charge in [-0.2, -0.15) is 0 Å². The lowest BCUT2D eigenvalue weighted by atomic mass is 10.0. The van der Waals surface area contributed by atoms with Gasteiger partial charge >= 0.3 is 0 Å². The highest BCUT2D eigenvalue weighted by Crippen LogP contribution is 2.38. The van der Waals surface area contributed by atoms with E-state index in [-0.39, 0.29) is 0 Å². The number of rotatable bonds is 2. The molecule has 88 valence electrons. The van der Waals surface area contributed by atoms with Crippen LogP contribution < -0.4 is 10.5 Å². The first-order chi connectivity index (χ1) is 8.29. The molecule has 1 heterocycles. The zero-order valence-corrected chi connectivity index (χ0v) is 9.69. The Balaban J connectivity index is 2.19. The van der Waals surface area contributed by atoms with Crippen molar-refractivity contribution in [2.75, 3.05) is 12.8 Å². The van der Waals surface area contributed by atoms with Gasteiger partial charge in [0.25, 0.3) is 0 Å². The molecule has 4 heteroatoms. The second kappa shape index (κ2) is 3.80. The van der Waals surface area contributed by atoms with E-state index in [9.17, 15) is 0 Å². The summed E-state index contributed by atoms with van der Waals surface area (Å²) in [5.41, 5.74) is 10.3. The number of aromatic nitrogens is 1. The standard InChI is InChI=1S/C13H14N2O2/c1-16-12-6-9-4-2-3-8(9)5-10(12)11-7-15-17-13(11)14/h5-7H,2-4,14H2,1H3. The molecule has 1 aliphatic carbocycles. The summed E-state index contributed by atoms with van der Waals surface area (Å²) in [7, 11) is 1.67. The van der Waals surface area contributed by atoms with Crippen molar-refractivity contribution in [3.05, 3.63) is 29.5 Å². The number of hydrogen-bond acceptors (Lipinski definition) is 4. The number of aryl methyl sites for hydroxylation is 2. The minimum Gasteiger partial charge on any atom is -0.496 e. The van der Waals surface area contributed by atoms with E-state index >= 15 is 0 Å². The van der Waals surface area contributed by atoms with Crippen molar-refractivity contribution in [2.24, 2.45) is 0 Å². The van der Waals surface area contributed by atoms with Gasteiger partial charge in [0, 0.05) is 5.56 Å². The number of ether oxygens (including phenoxy) is 1. The van der Waals surface area contributed by atoms with Gasteiger partial charge in [0.15, 0.2) is 0 Å². The molecule has 0 saturated heterocycles. The molecule has 2 N–H and O–H groups in total. The average Bonchev–Trinajstić information content (AvgIpc) is 2.94. The summed E-state index contributed by atoms with van der Waals surface area (Å²) in [6.07, 6.45) is 5.10. The topological polar surface area (TPSA) is 61.3 Å². The predicted octanol–water partition coefficient (Wildman–Crippen LogP) is 2.42. The number of nitrogen functional groups attached to an aromatic ring is 1. The molecule has 1 aliphatic rings. The number of anilines is 1. The summed E-state index contributed by atoms with van der Waals surface area (Å²) in [5.74, 6) is 1.17. The lowest BCUT2D eigenvalue weighted by molar-refractivity contribution is 0.416. The fraction of sp³-hybridized carbons (Fsp3) is 0.308. The third-order valence-corrected chi connectivity index (χ3v) is 3.30. The van der Waals surface area contributed by atoms with Crippen LogP contribution in [-0.4, -0.2) is 12.3 Å². The van der Waals surface area contributed by atoms with E-state index in [2.05, 4.69) is 17.3 Å². The van der Waals surface area contributed by atoms with Crippen LogP contribution in [0.1, 0.15) is 17.5 Å². The van der Waals surface area contributed by atoms with Crippen molar-refractivity contribution in [2.45, 2.75) is 19.3 Å². The molecule has 0 atom stereocenters. The molecule has 0 bridgehead atoms. The lowest BCUT2D eigenvalue weighted by Gasteiger charge is -2.10. The maximum Gasteiger partial charge on any atom is 0.230 e. The largest absolute Gasteiger partial charge is 0.496 e. The summed E-state index contributed by atoms with van der Waals surface area (Å²) < 4.78 is 10.3. The molecule has 4 nitrogen and oxygen atoms in total. The van der Waals surface area contributed by atoms with Crippen molar-refractivity contribution < 1.29 is 9.26 Å². The smallest absolute Gasteiger partial charge is 0.230 e. The van der Waals surface area contributed by atoms with E-state index < -0.39 is 0 Å². The molecule has 1 aromatic heterocycles. The fourth-order valence-electron chi connectivity index (χ4n) is 2.43. The predicted molar refractivity (Wildman–Crippen MR) is 64.9 cm³/mol. The Bertz CT molecular complexity index is 561. The Hall–Kier alpha value is -1.97. The number of hydrogen-bond donors (Lipinski definition) is 1. The highest BCUT2D eigenvalue weighted by Gasteiger charge is 2.18. The summed E-state index contributed by atoms with van der Waals surface area (Å²) in [5, 5.41) is 3.71. The first kappa shape index (κ1) is 10.2. The summed E-state index contributed by atoms with van der Waals surface area (Å²) in [6.45, 7) is 0. The molecule has 0 spiro atoms. The van der Waals surface area contributed by atoms with Gasteiger partial charge in [0.1, 0.15) is 5.75 Å². The minimum absolute atomic E-state index is 0.334. The maximum absolute atomic E-state index is 5.76. The molecule has 3 rings (SSSR count). The van der Waals surface area contributed by atoms with Crippen LogP contribution in [0.2, 0.25) is 0 Å². The fourth-order valence-corrected chi connectivity index (χ4v) is 2.43. The second-order valence-electron chi connectivity index (χ2n) is 4.28. The normalized spacial score (nSPS) is 13.7. The molecule has 0 radical (unpaired) electrons. The van der Waals surface area contributed by atoms with Crippen molar-refractivity contribution in [3.63, 3.8) is 0 Å². The zero-order chi connectivity index (χ0) is 11.8. The maximum atomic E-state index is 5.76. The quantitative estimate of drug-likeness (QED) is 0.860. The molecular weight excluding hydrogens is 216 g/mol. The van der Waals surface area contributed by atoms with E-state index in [1.54, 1.807) is 13.3 Å². The Morgan fingerprint density at radius 1 is 1.24 bits per heavy atom. The number of nitrogens with zero attached hydrogens (tertiary/aromatic N) is 1. The summed E-state index contributed by atoms with van der Waals surface area (Å²) in [6, 6.07) is 4.24. The van der Waals surface area contributed by atoms with Gasteiger partial charge < -0.3 is 15.0 Å². The van der Waals surface area contributed by atoms with Gasteiger partial charge in [0.2, 0.25) is 5.88 Å². The van der Waals surface area contributed by atoms with Gasteiger partial charge in [-0.25, -0.2) is 0 Å². The van der Waals surface area contributed by atoms with Gasteiger partial charge in [-0.15, -0.1) is 0 Å². The number of nitrogens with two attached hydrogens (primary N) is 1. The molecule has 0 unspecified atom stereocenters. The molecule has 2 aromatic rings. The molecule has 0 amide bonds. The minimum atomic E-state index is 0.334. The van der Waals surface area contributed by atoms with Crippen LogP contribution in [0.5, 0.6) is 5.75 Å². The number of methoxy groups -OCH3 is 1. The number of fused-ring (bicyclic) bond motifs is 1. The van der Waals surface area contributed by atoms with E-state index in [4.69, 9.17) is 15.0 Å². The van der Waals surface area contributed by atoms with Gasteiger partial charge in [-0.05, 0) is 42.5 Å². The van der Waals surface area contributed by atoms with Gasteiger partial charge in [-0.1, -0.05) is 5.16 Å².